The summed E-state index contributed by atoms with van der Waals surface area (Å²) in [7, 11) is 0. The van der Waals surface area contributed by atoms with Crippen LogP contribution in [0.2, 0.25) is 0 Å². The fourth-order valence-electron chi connectivity index (χ4n) is 2.36. The van der Waals surface area contributed by atoms with Crippen molar-refractivity contribution in [1.82, 2.24) is 15.0 Å². The topological polar surface area (TPSA) is 41.9 Å². The van der Waals surface area contributed by atoms with Crippen molar-refractivity contribution in [1.29, 1.82) is 0 Å². The molecular weight excluding hydrogens is 250 g/mol. The summed E-state index contributed by atoms with van der Waals surface area (Å²) in [6.45, 7) is 2.44. The van der Waals surface area contributed by atoms with Crippen molar-refractivity contribution in [2.24, 2.45) is 0 Å². The number of anilines is 1. The highest BCUT2D eigenvalue weighted by Crippen LogP contribution is 2.32. The van der Waals surface area contributed by atoms with Crippen LogP contribution in [-0.4, -0.2) is 34.0 Å². The number of halogens is 2. The van der Waals surface area contributed by atoms with Crippen LogP contribution in [0.15, 0.2) is 18.5 Å². The standard InChI is InChI=1S/C13H14F2N4/c1-9-17-11-8-16-5-2-10(11)12(18-9)19-6-3-13(14,15)4-7-19/h2,5,8H,3-4,6-7H2,1H3. The van der Waals surface area contributed by atoms with E-state index in [-0.39, 0.29) is 12.8 Å². The Morgan fingerprint density at radius 2 is 1.95 bits per heavy atom. The van der Waals surface area contributed by atoms with Gasteiger partial charge in [0.15, 0.2) is 0 Å². The molecule has 3 rings (SSSR count). The summed E-state index contributed by atoms with van der Waals surface area (Å²) in [6.07, 6.45) is 3.10. The molecule has 0 unspecified atom stereocenters. The van der Waals surface area contributed by atoms with Crippen molar-refractivity contribution in [3.63, 3.8) is 0 Å². The maximum absolute atomic E-state index is 13.2. The second-order valence-electron chi connectivity index (χ2n) is 4.83. The SMILES string of the molecule is Cc1nc(N2CCC(F)(F)CC2)c2ccncc2n1. The van der Waals surface area contributed by atoms with Crippen LogP contribution in [-0.2, 0) is 0 Å². The van der Waals surface area contributed by atoms with E-state index in [1.165, 1.54) is 0 Å². The molecule has 0 radical (unpaired) electrons. The molecule has 0 spiro atoms. The molecule has 0 atom stereocenters. The van der Waals surface area contributed by atoms with E-state index in [2.05, 4.69) is 15.0 Å². The van der Waals surface area contributed by atoms with E-state index >= 15 is 0 Å². The number of alkyl halides is 2. The van der Waals surface area contributed by atoms with Gasteiger partial charge in [0.25, 0.3) is 5.92 Å². The summed E-state index contributed by atoms with van der Waals surface area (Å²) in [4.78, 5) is 14.7. The molecule has 1 saturated heterocycles. The molecule has 6 heteroatoms. The summed E-state index contributed by atoms with van der Waals surface area (Å²) in [5.41, 5.74) is 0.752. The van der Waals surface area contributed by atoms with E-state index < -0.39 is 5.92 Å². The number of nitrogens with zero attached hydrogens (tertiary/aromatic N) is 4. The molecule has 4 nitrogen and oxygen atoms in total. The molecule has 0 amide bonds. The van der Waals surface area contributed by atoms with Crippen LogP contribution in [0, 0.1) is 6.92 Å². The fourth-order valence-corrected chi connectivity index (χ4v) is 2.36. The highest BCUT2D eigenvalue weighted by Gasteiger charge is 2.34. The van der Waals surface area contributed by atoms with Gasteiger partial charge in [0, 0.05) is 37.5 Å². The molecule has 1 fully saturated rings. The van der Waals surface area contributed by atoms with Gasteiger partial charge in [0.2, 0.25) is 0 Å². The van der Waals surface area contributed by atoms with E-state index in [0.29, 0.717) is 18.9 Å². The quantitative estimate of drug-likeness (QED) is 0.794. The molecular formula is C13H14F2N4. The Kier molecular flexibility index (Phi) is 2.80. The maximum Gasteiger partial charge on any atom is 0.251 e. The van der Waals surface area contributed by atoms with Crippen molar-refractivity contribution in [2.75, 3.05) is 18.0 Å². The summed E-state index contributed by atoms with van der Waals surface area (Å²) in [5.74, 6) is -1.18. The number of rotatable bonds is 1. The first-order valence-corrected chi connectivity index (χ1v) is 6.26. The van der Waals surface area contributed by atoms with Gasteiger partial charge in [-0.3, -0.25) is 4.98 Å². The number of aromatic nitrogens is 3. The van der Waals surface area contributed by atoms with E-state index in [0.717, 1.165) is 16.7 Å². The fraction of sp³-hybridized carbons (Fsp3) is 0.462. The zero-order chi connectivity index (χ0) is 13.5. The van der Waals surface area contributed by atoms with Crippen molar-refractivity contribution in [3.8, 4) is 0 Å². The van der Waals surface area contributed by atoms with E-state index in [4.69, 9.17) is 0 Å². The number of fused-ring (bicyclic) bond motifs is 1. The zero-order valence-electron chi connectivity index (χ0n) is 10.6. The smallest absolute Gasteiger partial charge is 0.251 e. The van der Waals surface area contributed by atoms with Gasteiger partial charge in [-0.25, -0.2) is 18.7 Å². The van der Waals surface area contributed by atoms with Gasteiger partial charge >= 0.3 is 0 Å². The Balaban J connectivity index is 2.01. The maximum atomic E-state index is 13.2. The second kappa shape index (κ2) is 4.36. The van der Waals surface area contributed by atoms with Crippen LogP contribution < -0.4 is 4.90 Å². The molecule has 0 saturated carbocycles. The lowest BCUT2D eigenvalue weighted by molar-refractivity contribution is -0.0221. The van der Waals surface area contributed by atoms with E-state index in [1.807, 2.05) is 11.0 Å². The van der Waals surface area contributed by atoms with Crippen molar-refractivity contribution >= 4 is 16.7 Å². The average molecular weight is 264 g/mol. The molecule has 0 N–H and O–H groups in total. The number of hydrogen-bond donors (Lipinski definition) is 0. The summed E-state index contributed by atoms with van der Waals surface area (Å²) >= 11 is 0. The number of pyridine rings is 1. The van der Waals surface area contributed by atoms with Gasteiger partial charge in [-0.15, -0.1) is 0 Å². The lowest BCUT2D eigenvalue weighted by Crippen LogP contribution is -2.40. The van der Waals surface area contributed by atoms with Crippen LogP contribution in [0.25, 0.3) is 10.9 Å². The largest absolute Gasteiger partial charge is 0.356 e. The molecule has 0 aromatic carbocycles. The molecule has 19 heavy (non-hydrogen) atoms. The Bertz CT molecular complexity index is 605. The molecule has 100 valence electrons. The van der Waals surface area contributed by atoms with Gasteiger partial charge in [0.1, 0.15) is 11.6 Å². The third kappa shape index (κ3) is 2.34. The molecule has 1 aliphatic rings. The number of piperidine rings is 1. The number of aryl methyl sites for hydroxylation is 1. The first kappa shape index (κ1) is 12.2. The lowest BCUT2D eigenvalue weighted by atomic mass is 10.1. The third-order valence-electron chi connectivity index (χ3n) is 3.39. The predicted molar refractivity (Wildman–Crippen MR) is 68.5 cm³/mol. The van der Waals surface area contributed by atoms with Gasteiger partial charge in [-0.1, -0.05) is 0 Å². The predicted octanol–water partition coefficient (Wildman–Crippen LogP) is 2.57. The van der Waals surface area contributed by atoms with Crippen molar-refractivity contribution in [3.05, 3.63) is 24.3 Å². The Morgan fingerprint density at radius 3 is 2.68 bits per heavy atom. The van der Waals surface area contributed by atoms with Crippen molar-refractivity contribution in [2.45, 2.75) is 25.7 Å². The van der Waals surface area contributed by atoms with Gasteiger partial charge < -0.3 is 4.90 Å². The molecule has 1 aliphatic heterocycles. The van der Waals surface area contributed by atoms with Crippen molar-refractivity contribution < 1.29 is 8.78 Å². The highest BCUT2D eigenvalue weighted by molar-refractivity contribution is 5.88. The van der Waals surface area contributed by atoms with E-state index in [9.17, 15) is 8.78 Å². The van der Waals surface area contributed by atoms with E-state index in [1.54, 1.807) is 19.3 Å². The average Bonchev–Trinajstić information content (AvgIpc) is 2.38. The molecule has 2 aromatic rings. The minimum atomic E-state index is -2.55. The third-order valence-corrected chi connectivity index (χ3v) is 3.39. The second-order valence-corrected chi connectivity index (χ2v) is 4.83. The monoisotopic (exact) mass is 264 g/mol. The van der Waals surface area contributed by atoms with Gasteiger partial charge in [0.05, 0.1) is 11.7 Å². The summed E-state index contributed by atoms with van der Waals surface area (Å²) < 4.78 is 26.4. The zero-order valence-corrected chi connectivity index (χ0v) is 10.6. The normalized spacial score (nSPS) is 18.8. The van der Waals surface area contributed by atoms with Crippen LogP contribution in [0.1, 0.15) is 18.7 Å². The van der Waals surface area contributed by atoms with Crippen LogP contribution in [0.4, 0.5) is 14.6 Å². The van der Waals surface area contributed by atoms with Crippen LogP contribution in [0.3, 0.4) is 0 Å². The Hall–Kier alpha value is -1.85. The van der Waals surface area contributed by atoms with Gasteiger partial charge in [-0.05, 0) is 13.0 Å². The first-order chi connectivity index (χ1) is 9.05. The number of hydrogen-bond acceptors (Lipinski definition) is 4. The minimum Gasteiger partial charge on any atom is -0.356 e. The lowest BCUT2D eigenvalue weighted by Gasteiger charge is -2.33. The highest BCUT2D eigenvalue weighted by atomic mass is 19.3. The Labute approximate surface area is 109 Å². The van der Waals surface area contributed by atoms with Crippen LogP contribution in [0.5, 0.6) is 0 Å². The minimum absolute atomic E-state index is 0.122. The van der Waals surface area contributed by atoms with Gasteiger partial charge in [-0.2, -0.15) is 0 Å². The molecule has 0 bridgehead atoms. The van der Waals surface area contributed by atoms with Crippen LogP contribution >= 0.6 is 0 Å². The summed E-state index contributed by atoms with van der Waals surface area (Å²) in [5, 5.41) is 0.866. The molecule has 2 aromatic heterocycles. The molecule has 3 heterocycles. The summed E-state index contributed by atoms with van der Waals surface area (Å²) in [6, 6.07) is 1.83. The Morgan fingerprint density at radius 1 is 1.21 bits per heavy atom. The first-order valence-electron chi connectivity index (χ1n) is 6.26. The molecule has 0 aliphatic carbocycles.